The third kappa shape index (κ3) is 7.59. The third-order valence-electron chi connectivity index (χ3n) is 3.90. The average Bonchev–Trinajstić information content (AvgIpc) is 2.60. The van der Waals surface area contributed by atoms with Crippen LogP contribution in [0.2, 0.25) is 0 Å². The van der Waals surface area contributed by atoms with Gasteiger partial charge in [-0.25, -0.2) is 4.79 Å². The van der Waals surface area contributed by atoms with Crippen LogP contribution in [-0.2, 0) is 9.53 Å². The molecule has 5 nitrogen and oxygen atoms in total. The van der Waals surface area contributed by atoms with Crippen molar-refractivity contribution < 1.29 is 14.3 Å². The van der Waals surface area contributed by atoms with Crippen LogP contribution < -0.4 is 0 Å². The second kappa shape index (κ2) is 11.3. The number of benzene rings is 1. The van der Waals surface area contributed by atoms with E-state index in [0.29, 0.717) is 26.1 Å². The number of ether oxygens (including phenoxy) is 1. The van der Waals surface area contributed by atoms with Gasteiger partial charge in [0, 0.05) is 43.6 Å². The van der Waals surface area contributed by atoms with Gasteiger partial charge in [-0.2, -0.15) is 0 Å². The molecule has 138 valence electrons. The molecule has 0 aliphatic carbocycles. The van der Waals surface area contributed by atoms with Crippen molar-refractivity contribution >= 4 is 46.3 Å². The summed E-state index contributed by atoms with van der Waals surface area (Å²) in [4.78, 5) is 27.5. The van der Waals surface area contributed by atoms with Crippen molar-refractivity contribution in [2.75, 3.05) is 39.3 Å². The quantitative estimate of drug-likeness (QED) is 0.646. The number of hydrogen-bond donors (Lipinski definition) is 0. The molecule has 0 radical (unpaired) electrons. The number of piperazine rings is 1. The molecule has 1 saturated heterocycles. The molecule has 25 heavy (non-hydrogen) atoms. The van der Waals surface area contributed by atoms with Gasteiger partial charge in [-0.15, -0.1) is 12.4 Å². The lowest BCUT2D eigenvalue weighted by Gasteiger charge is -2.33. The van der Waals surface area contributed by atoms with Crippen LogP contribution in [0.4, 0.5) is 4.79 Å². The van der Waals surface area contributed by atoms with E-state index in [9.17, 15) is 9.59 Å². The number of hydrogen-bond acceptors (Lipinski definition) is 4. The van der Waals surface area contributed by atoms with E-state index in [1.807, 2.05) is 37.3 Å². The molecule has 1 aliphatic rings. The summed E-state index contributed by atoms with van der Waals surface area (Å²) in [6.07, 6.45) is 3.73. The molecule has 0 bridgehead atoms. The third-order valence-corrected chi connectivity index (χ3v) is 4.43. The highest BCUT2D eigenvalue weighted by atomic mass is 79.9. The number of halogens is 2. The molecule has 1 aromatic rings. The molecular weight excluding hydrogens is 408 g/mol. The molecule has 0 unspecified atom stereocenters. The maximum absolute atomic E-state index is 12.0. The van der Waals surface area contributed by atoms with Crippen LogP contribution in [0.25, 0.3) is 6.08 Å². The average molecular weight is 432 g/mol. The predicted octanol–water partition coefficient (Wildman–Crippen LogP) is 3.62. The Balaban J connectivity index is 0.00000312. The molecule has 1 amide bonds. The van der Waals surface area contributed by atoms with E-state index in [-0.39, 0.29) is 24.3 Å². The Morgan fingerprint density at radius 1 is 1.16 bits per heavy atom. The predicted molar refractivity (Wildman–Crippen MR) is 105 cm³/mol. The maximum Gasteiger partial charge on any atom is 0.409 e. The fourth-order valence-corrected chi connectivity index (χ4v) is 2.75. The Labute approximate surface area is 163 Å². The number of nitrogens with zero attached hydrogens (tertiary/aromatic N) is 2. The first kappa shape index (κ1) is 21.7. The Bertz CT molecular complexity index is 584. The molecule has 0 N–H and O–H groups in total. The van der Waals surface area contributed by atoms with Crippen LogP contribution in [-0.4, -0.2) is 61.0 Å². The number of amides is 1. The van der Waals surface area contributed by atoms with Crippen LogP contribution >= 0.6 is 28.3 Å². The fourth-order valence-electron chi connectivity index (χ4n) is 2.48. The zero-order valence-corrected chi connectivity index (χ0v) is 16.7. The van der Waals surface area contributed by atoms with Gasteiger partial charge in [0.1, 0.15) is 0 Å². The van der Waals surface area contributed by atoms with Crippen molar-refractivity contribution in [1.82, 2.24) is 9.80 Å². The normalized spacial score (nSPS) is 15.0. The first-order valence-electron chi connectivity index (χ1n) is 8.19. The highest BCUT2D eigenvalue weighted by Gasteiger charge is 2.21. The minimum Gasteiger partial charge on any atom is -0.450 e. The molecule has 0 atom stereocenters. The minimum atomic E-state index is -0.245. The summed E-state index contributed by atoms with van der Waals surface area (Å²) in [6.45, 7) is 5.80. The van der Waals surface area contributed by atoms with Crippen molar-refractivity contribution in [3.63, 3.8) is 0 Å². The number of carbonyl (C=O) groups is 2. The highest BCUT2D eigenvalue weighted by molar-refractivity contribution is 9.10. The van der Waals surface area contributed by atoms with Crippen LogP contribution in [0, 0.1) is 0 Å². The van der Waals surface area contributed by atoms with Gasteiger partial charge in [0.05, 0.1) is 6.61 Å². The van der Waals surface area contributed by atoms with E-state index in [2.05, 4.69) is 20.8 Å². The molecule has 0 aromatic heterocycles. The fraction of sp³-hybridized carbons (Fsp3) is 0.444. The van der Waals surface area contributed by atoms with E-state index in [4.69, 9.17) is 4.74 Å². The molecule has 1 aromatic carbocycles. The first-order chi connectivity index (χ1) is 11.6. The zero-order chi connectivity index (χ0) is 17.4. The maximum atomic E-state index is 12.0. The molecule has 0 saturated carbocycles. The number of carbonyl (C=O) groups excluding carboxylic acids is 2. The Hall–Kier alpha value is -1.37. The van der Waals surface area contributed by atoms with Gasteiger partial charge < -0.3 is 9.64 Å². The van der Waals surface area contributed by atoms with Crippen molar-refractivity contribution in [1.29, 1.82) is 0 Å². The molecular formula is C18H24BrClN2O3. The summed E-state index contributed by atoms with van der Waals surface area (Å²) in [5.41, 5.74) is 1.01. The standard InChI is InChI=1S/C18H23BrN2O3.ClH/c1-2-24-18(23)21-13-11-20(12-14-21)10-9-17(22)8-5-15-3-6-16(19)7-4-15;/h3-8H,2,9-14H2,1H3;1H. The van der Waals surface area contributed by atoms with E-state index >= 15 is 0 Å². The molecule has 2 rings (SSSR count). The first-order valence-corrected chi connectivity index (χ1v) is 8.98. The lowest BCUT2D eigenvalue weighted by atomic mass is 10.1. The van der Waals surface area contributed by atoms with Gasteiger partial charge in [0.2, 0.25) is 0 Å². The second-order valence-corrected chi connectivity index (χ2v) is 6.54. The molecule has 0 spiro atoms. The van der Waals surface area contributed by atoms with Gasteiger partial charge >= 0.3 is 6.09 Å². The van der Waals surface area contributed by atoms with E-state index in [0.717, 1.165) is 29.7 Å². The molecule has 1 heterocycles. The summed E-state index contributed by atoms with van der Waals surface area (Å²) >= 11 is 3.39. The topological polar surface area (TPSA) is 49.9 Å². The summed E-state index contributed by atoms with van der Waals surface area (Å²) in [6, 6.07) is 7.82. The smallest absolute Gasteiger partial charge is 0.409 e. The van der Waals surface area contributed by atoms with Gasteiger partial charge in [-0.3, -0.25) is 9.69 Å². The SMILES string of the molecule is CCOC(=O)N1CCN(CCC(=O)C=Cc2ccc(Br)cc2)CC1.Cl. The Morgan fingerprint density at radius 2 is 1.80 bits per heavy atom. The lowest BCUT2D eigenvalue weighted by molar-refractivity contribution is -0.115. The van der Waals surface area contributed by atoms with Gasteiger partial charge in [0.15, 0.2) is 5.78 Å². The van der Waals surface area contributed by atoms with Crippen molar-refractivity contribution in [3.05, 3.63) is 40.4 Å². The van der Waals surface area contributed by atoms with Crippen molar-refractivity contribution in [3.8, 4) is 0 Å². The molecule has 7 heteroatoms. The van der Waals surface area contributed by atoms with Gasteiger partial charge in [-0.1, -0.05) is 34.1 Å². The molecule has 1 aliphatic heterocycles. The second-order valence-electron chi connectivity index (χ2n) is 5.63. The van der Waals surface area contributed by atoms with Crippen molar-refractivity contribution in [2.45, 2.75) is 13.3 Å². The molecule has 1 fully saturated rings. The largest absolute Gasteiger partial charge is 0.450 e. The van der Waals surface area contributed by atoms with Crippen molar-refractivity contribution in [2.24, 2.45) is 0 Å². The monoisotopic (exact) mass is 430 g/mol. The van der Waals surface area contributed by atoms with Gasteiger partial charge in [-0.05, 0) is 30.7 Å². The minimum absolute atomic E-state index is 0. The zero-order valence-electron chi connectivity index (χ0n) is 14.3. The number of rotatable bonds is 6. The van der Waals surface area contributed by atoms with E-state index < -0.39 is 0 Å². The number of allylic oxidation sites excluding steroid dienone is 1. The van der Waals surface area contributed by atoms with E-state index in [1.165, 1.54) is 0 Å². The number of ketones is 1. The summed E-state index contributed by atoms with van der Waals surface area (Å²) in [5, 5.41) is 0. The van der Waals surface area contributed by atoms with Crippen LogP contribution in [0.3, 0.4) is 0 Å². The van der Waals surface area contributed by atoms with Crippen LogP contribution in [0.15, 0.2) is 34.8 Å². The van der Waals surface area contributed by atoms with Crippen LogP contribution in [0.1, 0.15) is 18.9 Å². The Kier molecular flexibility index (Phi) is 9.78. The highest BCUT2D eigenvalue weighted by Crippen LogP contribution is 2.12. The Morgan fingerprint density at radius 3 is 2.40 bits per heavy atom. The van der Waals surface area contributed by atoms with E-state index in [1.54, 1.807) is 11.0 Å². The summed E-state index contributed by atoms with van der Waals surface area (Å²) in [7, 11) is 0. The summed E-state index contributed by atoms with van der Waals surface area (Å²) < 4.78 is 6.02. The lowest BCUT2D eigenvalue weighted by Crippen LogP contribution is -2.49. The summed E-state index contributed by atoms with van der Waals surface area (Å²) in [5.74, 6) is 0.116. The van der Waals surface area contributed by atoms with Crippen LogP contribution in [0.5, 0.6) is 0 Å². The van der Waals surface area contributed by atoms with Gasteiger partial charge in [0.25, 0.3) is 0 Å².